The van der Waals surface area contributed by atoms with E-state index in [1.54, 1.807) is 32.2 Å². The van der Waals surface area contributed by atoms with Crippen molar-refractivity contribution in [3.63, 3.8) is 0 Å². The molecule has 0 unspecified atom stereocenters. The van der Waals surface area contributed by atoms with E-state index in [-0.39, 0.29) is 17.5 Å². The van der Waals surface area contributed by atoms with Gasteiger partial charge in [-0.3, -0.25) is 9.59 Å². The van der Waals surface area contributed by atoms with E-state index in [0.717, 1.165) is 0 Å². The van der Waals surface area contributed by atoms with Crippen LogP contribution in [0.2, 0.25) is 0 Å². The van der Waals surface area contributed by atoms with Crippen molar-refractivity contribution in [3.05, 3.63) is 59.2 Å². The highest BCUT2D eigenvalue weighted by Crippen LogP contribution is 2.23. The van der Waals surface area contributed by atoms with E-state index in [2.05, 4.69) is 4.98 Å². The van der Waals surface area contributed by atoms with E-state index in [9.17, 15) is 14.0 Å². The fourth-order valence-corrected chi connectivity index (χ4v) is 2.11. The van der Waals surface area contributed by atoms with E-state index in [1.165, 1.54) is 30.2 Å². The Kier molecular flexibility index (Phi) is 4.21. The van der Waals surface area contributed by atoms with Gasteiger partial charge in [-0.05, 0) is 26.0 Å². The van der Waals surface area contributed by atoms with E-state index in [4.69, 9.17) is 0 Å². The van der Waals surface area contributed by atoms with Crippen LogP contribution in [-0.2, 0) is 0 Å². The molecule has 0 bridgehead atoms. The van der Waals surface area contributed by atoms with E-state index in [0.29, 0.717) is 16.8 Å². The Morgan fingerprint density at radius 2 is 1.95 bits per heavy atom. The minimum absolute atomic E-state index is 0.116. The van der Waals surface area contributed by atoms with Crippen molar-refractivity contribution in [1.29, 1.82) is 0 Å². The van der Waals surface area contributed by atoms with Crippen LogP contribution < -0.4 is 0 Å². The first-order valence-electron chi connectivity index (χ1n) is 6.62. The average Bonchev–Trinajstić information content (AvgIpc) is 2.95. The molecule has 1 N–H and O–H groups in total. The number of Topliss-reactive ketones (excluding diaryl/α,β-unsaturated/α-hetero) is 1. The van der Waals surface area contributed by atoms with Gasteiger partial charge in [-0.1, -0.05) is 18.2 Å². The zero-order valence-corrected chi connectivity index (χ0v) is 12.2. The molecule has 0 aliphatic heterocycles. The van der Waals surface area contributed by atoms with Crippen molar-refractivity contribution < 1.29 is 14.0 Å². The topological polar surface area (TPSA) is 53.2 Å². The standard InChI is InChI=1S/C16H17FN2O2/c1-10(13-6-4-5-7-14(13)17)19(3)16(21)15-8-12(9-18-15)11(2)20/h4-10,18H,1-3H3/t10-/m1/s1. The number of carbonyl (C=O) groups excluding carboxylic acids is 2. The second-order valence-corrected chi connectivity index (χ2v) is 4.97. The van der Waals surface area contributed by atoms with E-state index < -0.39 is 6.04 Å². The molecule has 110 valence electrons. The zero-order valence-electron chi connectivity index (χ0n) is 12.2. The summed E-state index contributed by atoms with van der Waals surface area (Å²) in [5.41, 5.74) is 1.21. The monoisotopic (exact) mass is 288 g/mol. The maximum atomic E-state index is 13.8. The molecule has 0 aliphatic rings. The second-order valence-electron chi connectivity index (χ2n) is 4.97. The molecule has 2 aromatic rings. The smallest absolute Gasteiger partial charge is 0.270 e. The van der Waals surface area contributed by atoms with Crippen LogP contribution in [0.1, 0.15) is 46.3 Å². The highest BCUT2D eigenvalue weighted by molar-refractivity contribution is 5.99. The first-order valence-corrected chi connectivity index (χ1v) is 6.62. The van der Waals surface area contributed by atoms with Crippen molar-refractivity contribution in [2.75, 3.05) is 7.05 Å². The predicted molar refractivity (Wildman–Crippen MR) is 77.7 cm³/mol. The van der Waals surface area contributed by atoms with Gasteiger partial charge in [-0.15, -0.1) is 0 Å². The lowest BCUT2D eigenvalue weighted by atomic mass is 10.1. The number of nitrogens with zero attached hydrogens (tertiary/aromatic N) is 1. The summed E-state index contributed by atoms with van der Waals surface area (Å²) in [5.74, 6) is -0.756. The molecule has 1 heterocycles. The molecule has 1 amide bonds. The summed E-state index contributed by atoms with van der Waals surface area (Å²) in [4.78, 5) is 27.8. The van der Waals surface area contributed by atoms with Gasteiger partial charge in [0.25, 0.3) is 5.91 Å². The summed E-state index contributed by atoms with van der Waals surface area (Å²) >= 11 is 0. The molecule has 1 aromatic heterocycles. The van der Waals surface area contributed by atoms with Crippen molar-refractivity contribution in [3.8, 4) is 0 Å². The normalized spacial score (nSPS) is 12.0. The summed E-state index contributed by atoms with van der Waals surface area (Å²) in [6.07, 6.45) is 1.50. The Bertz CT molecular complexity index is 678. The molecule has 0 radical (unpaired) electrons. The van der Waals surface area contributed by atoms with Crippen LogP contribution in [0.5, 0.6) is 0 Å². The maximum absolute atomic E-state index is 13.8. The molecule has 0 saturated heterocycles. The lowest BCUT2D eigenvalue weighted by Crippen LogP contribution is -2.30. The van der Waals surface area contributed by atoms with Gasteiger partial charge < -0.3 is 9.88 Å². The molecule has 0 fully saturated rings. The van der Waals surface area contributed by atoms with Crippen LogP contribution in [-0.4, -0.2) is 28.6 Å². The minimum Gasteiger partial charge on any atom is -0.356 e. The Balaban J connectivity index is 2.22. The first kappa shape index (κ1) is 15.0. The first-order chi connectivity index (χ1) is 9.91. The van der Waals surface area contributed by atoms with Crippen molar-refractivity contribution in [2.45, 2.75) is 19.9 Å². The maximum Gasteiger partial charge on any atom is 0.270 e. The number of rotatable bonds is 4. The second kappa shape index (κ2) is 5.91. The number of ketones is 1. The van der Waals surface area contributed by atoms with Crippen LogP contribution >= 0.6 is 0 Å². The molecule has 0 saturated carbocycles. The number of nitrogens with one attached hydrogen (secondary N) is 1. The molecular formula is C16H17FN2O2. The summed E-state index contributed by atoms with van der Waals surface area (Å²) < 4.78 is 13.8. The highest BCUT2D eigenvalue weighted by Gasteiger charge is 2.22. The number of carbonyl (C=O) groups is 2. The number of hydrogen-bond donors (Lipinski definition) is 1. The minimum atomic E-state index is -0.414. The van der Waals surface area contributed by atoms with Gasteiger partial charge in [0.15, 0.2) is 5.78 Å². The Labute approximate surface area is 122 Å². The van der Waals surface area contributed by atoms with Crippen molar-refractivity contribution in [1.82, 2.24) is 9.88 Å². The molecule has 0 spiro atoms. The van der Waals surface area contributed by atoms with Crippen molar-refractivity contribution >= 4 is 11.7 Å². The quantitative estimate of drug-likeness (QED) is 0.878. The Morgan fingerprint density at radius 3 is 2.52 bits per heavy atom. The summed E-state index contributed by atoms with van der Waals surface area (Å²) in [7, 11) is 1.60. The Morgan fingerprint density at radius 1 is 1.29 bits per heavy atom. The van der Waals surface area contributed by atoms with Crippen LogP contribution in [0.3, 0.4) is 0 Å². The lowest BCUT2D eigenvalue weighted by Gasteiger charge is -2.25. The van der Waals surface area contributed by atoms with Gasteiger partial charge in [0.1, 0.15) is 11.5 Å². The summed E-state index contributed by atoms with van der Waals surface area (Å²) in [5, 5.41) is 0. The predicted octanol–water partition coefficient (Wildman–Crippen LogP) is 3.19. The third kappa shape index (κ3) is 3.02. The third-order valence-corrected chi connectivity index (χ3v) is 3.58. The van der Waals surface area contributed by atoms with Crippen LogP contribution in [0.4, 0.5) is 4.39 Å². The van der Waals surface area contributed by atoms with E-state index >= 15 is 0 Å². The fourth-order valence-electron chi connectivity index (χ4n) is 2.11. The zero-order chi connectivity index (χ0) is 15.6. The van der Waals surface area contributed by atoms with Gasteiger partial charge in [0.2, 0.25) is 0 Å². The van der Waals surface area contributed by atoms with Crippen LogP contribution in [0.25, 0.3) is 0 Å². The number of aromatic amines is 1. The fraction of sp³-hybridized carbons (Fsp3) is 0.250. The highest BCUT2D eigenvalue weighted by atomic mass is 19.1. The molecule has 1 aromatic carbocycles. The van der Waals surface area contributed by atoms with E-state index in [1.807, 2.05) is 0 Å². The third-order valence-electron chi connectivity index (χ3n) is 3.58. The number of benzene rings is 1. The van der Waals surface area contributed by atoms with Gasteiger partial charge in [0, 0.05) is 24.4 Å². The molecule has 1 atom stereocenters. The molecule has 21 heavy (non-hydrogen) atoms. The number of halogens is 1. The van der Waals surface area contributed by atoms with Gasteiger partial charge >= 0.3 is 0 Å². The molecule has 2 rings (SSSR count). The number of hydrogen-bond acceptors (Lipinski definition) is 2. The number of aromatic nitrogens is 1. The van der Waals surface area contributed by atoms with Crippen molar-refractivity contribution in [2.24, 2.45) is 0 Å². The average molecular weight is 288 g/mol. The Hall–Kier alpha value is -2.43. The van der Waals surface area contributed by atoms with Crippen LogP contribution in [0.15, 0.2) is 36.5 Å². The number of H-pyrrole nitrogens is 1. The molecule has 0 aliphatic carbocycles. The van der Waals surface area contributed by atoms with Gasteiger partial charge in [-0.25, -0.2) is 4.39 Å². The van der Waals surface area contributed by atoms with Gasteiger partial charge in [0.05, 0.1) is 6.04 Å². The van der Waals surface area contributed by atoms with Gasteiger partial charge in [-0.2, -0.15) is 0 Å². The SMILES string of the molecule is CC(=O)c1c[nH]c(C(=O)N(C)[C@H](C)c2ccccc2F)c1. The molecule has 5 heteroatoms. The van der Waals surface area contributed by atoms with Crippen LogP contribution in [0, 0.1) is 5.82 Å². The summed E-state index contributed by atoms with van der Waals surface area (Å²) in [6, 6.07) is 7.46. The molecular weight excluding hydrogens is 271 g/mol. The lowest BCUT2D eigenvalue weighted by molar-refractivity contribution is 0.0735. The number of amides is 1. The summed E-state index contributed by atoms with van der Waals surface area (Å²) in [6.45, 7) is 3.19. The molecule has 4 nitrogen and oxygen atoms in total. The largest absolute Gasteiger partial charge is 0.356 e.